The van der Waals surface area contributed by atoms with Crippen molar-refractivity contribution >= 4 is 11.6 Å². The number of methoxy groups -OCH3 is 1. The summed E-state index contributed by atoms with van der Waals surface area (Å²) in [6, 6.07) is 7.91. The zero-order valence-electron chi connectivity index (χ0n) is 15.0. The maximum absolute atomic E-state index is 6.08. The molecule has 0 fully saturated rings. The minimum absolute atomic E-state index is 0.395. The van der Waals surface area contributed by atoms with Crippen molar-refractivity contribution in [3.05, 3.63) is 46.8 Å². The van der Waals surface area contributed by atoms with Crippen molar-refractivity contribution in [1.82, 2.24) is 9.78 Å². The number of nitrogens with one attached hydrogen (secondary N) is 1. The third-order valence-electron chi connectivity index (χ3n) is 4.02. The Morgan fingerprint density at radius 1 is 1.29 bits per heavy atom. The number of hydrogen-bond donors (Lipinski definition) is 2. The highest BCUT2D eigenvalue weighted by Gasteiger charge is 2.13. The summed E-state index contributed by atoms with van der Waals surface area (Å²) in [6.07, 6.45) is 1.82. The summed E-state index contributed by atoms with van der Waals surface area (Å²) in [5.74, 6) is 0.395. The number of guanidine groups is 1. The average molecular weight is 329 g/mol. The Bertz CT molecular complexity index is 705. The summed E-state index contributed by atoms with van der Waals surface area (Å²) in [7, 11) is 3.66. The number of nitrogens with two attached hydrogens (primary N) is 1. The first-order valence-corrected chi connectivity index (χ1v) is 8.28. The zero-order valence-corrected chi connectivity index (χ0v) is 15.0. The van der Waals surface area contributed by atoms with Crippen molar-refractivity contribution in [3.63, 3.8) is 0 Å². The predicted octanol–water partition coefficient (Wildman–Crippen LogP) is 2.62. The highest BCUT2D eigenvalue weighted by molar-refractivity contribution is 5.92. The molecule has 0 bridgehead atoms. The summed E-state index contributed by atoms with van der Waals surface area (Å²) < 4.78 is 7.16. The van der Waals surface area contributed by atoms with Crippen LogP contribution < -0.4 is 11.1 Å². The molecule has 0 saturated carbocycles. The number of nitrogens with zero attached hydrogens (tertiary/aromatic N) is 3. The molecule has 0 saturated heterocycles. The van der Waals surface area contributed by atoms with Crippen LogP contribution in [-0.2, 0) is 37.8 Å². The van der Waals surface area contributed by atoms with E-state index in [-0.39, 0.29) is 0 Å². The van der Waals surface area contributed by atoms with E-state index in [9.17, 15) is 0 Å². The molecule has 2 rings (SSSR count). The van der Waals surface area contributed by atoms with Crippen LogP contribution in [0.2, 0.25) is 0 Å². The lowest BCUT2D eigenvalue weighted by Crippen LogP contribution is -2.23. The van der Waals surface area contributed by atoms with Gasteiger partial charge in [-0.15, -0.1) is 0 Å². The maximum atomic E-state index is 6.08. The second-order valence-electron chi connectivity index (χ2n) is 5.62. The first kappa shape index (κ1) is 18.0. The summed E-state index contributed by atoms with van der Waals surface area (Å²) in [6.45, 7) is 5.30. The van der Waals surface area contributed by atoms with Gasteiger partial charge >= 0.3 is 0 Å². The van der Waals surface area contributed by atoms with Gasteiger partial charge in [-0.05, 0) is 18.9 Å². The molecule has 2 aromatic rings. The molecule has 0 spiro atoms. The Morgan fingerprint density at radius 2 is 2.04 bits per heavy atom. The van der Waals surface area contributed by atoms with Gasteiger partial charge in [0.15, 0.2) is 5.96 Å². The van der Waals surface area contributed by atoms with Crippen molar-refractivity contribution in [2.75, 3.05) is 12.4 Å². The molecule has 3 N–H and O–H groups in total. The fraction of sp³-hybridized carbons (Fsp3) is 0.444. The van der Waals surface area contributed by atoms with Gasteiger partial charge in [-0.1, -0.05) is 32.0 Å². The molecule has 0 atom stereocenters. The van der Waals surface area contributed by atoms with Crippen molar-refractivity contribution in [2.24, 2.45) is 17.8 Å². The molecular formula is C18H27N5O. The standard InChI is InChI=1S/C18H27N5O/c1-5-15-14(17(6-2)23(3)22-15)11-20-18(19)21-16-10-8-7-9-13(16)12-24-4/h7-10H,5-6,11-12H2,1-4H3,(H3,19,20,21). The van der Waals surface area contributed by atoms with Crippen molar-refractivity contribution < 1.29 is 4.74 Å². The summed E-state index contributed by atoms with van der Waals surface area (Å²) >= 11 is 0. The van der Waals surface area contributed by atoms with Crippen LogP contribution in [0.15, 0.2) is 29.3 Å². The molecule has 0 aliphatic carbocycles. The van der Waals surface area contributed by atoms with Gasteiger partial charge in [-0.25, -0.2) is 4.99 Å². The van der Waals surface area contributed by atoms with E-state index < -0.39 is 0 Å². The number of aliphatic imine (C=N–C) groups is 1. The van der Waals surface area contributed by atoms with Gasteiger partial charge in [-0.2, -0.15) is 5.10 Å². The number of hydrogen-bond acceptors (Lipinski definition) is 3. The zero-order chi connectivity index (χ0) is 17.5. The van der Waals surface area contributed by atoms with Crippen LogP contribution >= 0.6 is 0 Å². The van der Waals surface area contributed by atoms with Crippen molar-refractivity contribution in [1.29, 1.82) is 0 Å². The minimum Gasteiger partial charge on any atom is -0.380 e. The lowest BCUT2D eigenvalue weighted by atomic mass is 10.1. The molecule has 0 aliphatic heterocycles. The normalized spacial score (nSPS) is 11.8. The van der Waals surface area contributed by atoms with E-state index in [0.717, 1.165) is 29.8 Å². The van der Waals surface area contributed by atoms with Gasteiger partial charge in [-0.3, -0.25) is 4.68 Å². The first-order chi connectivity index (χ1) is 11.6. The highest BCUT2D eigenvalue weighted by Crippen LogP contribution is 2.18. The number of rotatable bonds is 7. The largest absolute Gasteiger partial charge is 0.380 e. The van der Waals surface area contributed by atoms with Crippen LogP contribution in [0.4, 0.5) is 5.69 Å². The van der Waals surface area contributed by atoms with Gasteiger partial charge in [0, 0.05) is 36.7 Å². The van der Waals surface area contributed by atoms with Gasteiger partial charge < -0.3 is 15.8 Å². The molecule has 6 nitrogen and oxygen atoms in total. The van der Waals surface area contributed by atoms with Crippen LogP contribution in [0.5, 0.6) is 0 Å². The molecule has 0 radical (unpaired) electrons. The Hall–Kier alpha value is -2.34. The highest BCUT2D eigenvalue weighted by atomic mass is 16.5. The fourth-order valence-corrected chi connectivity index (χ4v) is 2.84. The first-order valence-electron chi connectivity index (χ1n) is 8.28. The van der Waals surface area contributed by atoms with E-state index in [1.165, 1.54) is 11.3 Å². The summed E-state index contributed by atoms with van der Waals surface area (Å²) in [5.41, 5.74) is 11.5. The Balaban J connectivity index is 2.16. The molecule has 130 valence electrons. The molecule has 1 aromatic carbocycles. The van der Waals surface area contributed by atoms with E-state index in [0.29, 0.717) is 19.1 Å². The fourth-order valence-electron chi connectivity index (χ4n) is 2.84. The number of ether oxygens (including phenoxy) is 1. The Morgan fingerprint density at radius 3 is 2.71 bits per heavy atom. The molecule has 24 heavy (non-hydrogen) atoms. The molecule has 0 amide bonds. The SMILES string of the molecule is CCc1nn(C)c(CC)c1CN=C(N)Nc1ccccc1COC. The monoisotopic (exact) mass is 329 g/mol. The van der Waals surface area contributed by atoms with Crippen LogP contribution in [0.25, 0.3) is 0 Å². The lowest BCUT2D eigenvalue weighted by molar-refractivity contribution is 0.185. The molecule has 1 heterocycles. The van der Waals surface area contributed by atoms with Crippen LogP contribution in [-0.4, -0.2) is 22.8 Å². The molecule has 0 unspecified atom stereocenters. The van der Waals surface area contributed by atoms with Gasteiger partial charge in [0.1, 0.15) is 0 Å². The van der Waals surface area contributed by atoms with Crippen LogP contribution in [0.3, 0.4) is 0 Å². The molecular weight excluding hydrogens is 302 g/mol. The Kier molecular flexibility index (Phi) is 6.37. The summed E-state index contributed by atoms with van der Waals surface area (Å²) in [5, 5.41) is 7.74. The van der Waals surface area contributed by atoms with Gasteiger partial charge in [0.25, 0.3) is 0 Å². The summed E-state index contributed by atoms with van der Waals surface area (Å²) in [4.78, 5) is 4.51. The molecule has 0 aliphatic rings. The second-order valence-corrected chi connectivity index (χ2v) is 5.62. The number of anilines is 1. The van der Waals surface area contributed by atoms with Crippen LogP contribution in [0.1, 0.15) is 36.4 Å². The smallest absolute Gasteiger partial charge is 0.193 e. The minimum atomic E-state index is 0.395. The topological polar surface area (TPSA) is 77.5 Å². The number of aryl methyl sites for hydroxylation is 2. The van der Waals surface area contributed by atoms with Crippen molar-refractivity contribution in [2.45, 2.75) is 39.8 Å². The van der Waals surface area contributed by atoms with E-state index in [1.807, 2.05) is 36.0 Å². The Labute approximate surface area is 143 Å². The number of aromatic nitrogens is 2. The molecule has 1 aromatic heterocycles. The maximum Gasteiger partial charge on any atom is 0.193 e. The second kappa shape index (κ2) is 8.49. The third kappa shape index (κ3) is 4.14. The van der Waals surface area contributed by atoms with E-state index in [1.54, 1.807) is 7.11 Å². The average Bonchev–Trinajstić information content (AvgIpc) is 2.89. The third-order valence-corrected chi connectivity index (χ3v) is 4.02. The van der Waals surface area contributed by atoms with Crippen molar-refractivity contribution in [3.8, 4) is 0 Å². The lowest BCUT2D eigenvalue weighted by Gasteiger charge is -2.11. The van der Waals surface area contributed by atoms with E-state index in [2.05, 4.69) is 29.3 Å². The quantitative estimate of drug-likeness (QED) is 0.605. The predicted molar refractivity (Wildman–Crippen MR) is 98.1 cm³/mol. The number of para-hydroxylation sites is 1. The van der Waals surface area contributed by atoms with Gasteiger partial charge in [0.05, 0.1) is 18.8 Å². The van der Waals surface area contributed by atoms with Crippen LogP contribution in [0, 0.1) is 0 Å². The van der Waals surface area contributed by atoms with E-state index in [4.69, 9.17) is 10.5 Å². The molecule has 6 heteroatoms. The number of benzene rings is 1. The van der Waals surface area contributed by atoms with Gasteiger partial charge in [0.2, 0.25) is 0 Å². The van der Waals surface area contributed by atoms with E-state index >= 15 is 0 Å².